The molecule has 0 saturated heterocycles. The fraction of sp³-hybridized carbons (Fsp3) is 0.588. The van der Waals surface area contributed by atoms with E-state index in [1.807, 2.05) is 25.1 Å². The first-order chi connectivity index (χ1) is 10.2. The third-order valence-corrected chi connectivity index (χ3v) is 7.21. The van der Waals surface area contributed by atoms with Gasteiger partial charge in [0.1, 0.15) is 6.10 Å². The highest BCUT2D eigenvalue weighted by Crippen LogP contribution is 2.31. The molecule has 0 saturated carbocycles. The molecule has 6 heteroatoms. The van der Waals surface area contributed by atoms with Crippen LogP contribution in [0.15, 0.2) is 24.3 Å². The van der Waals surface area contributed by atoms with Gasteiger partial charge in [-0.3, -0.25) is 0 Å². The second-order valence-electron chi connectivity index (χ2n) is 7.72. The Balaban J connectivity index is 3.03. The van der Waals surface area contributed by atoms with Gasteiger partial charge in [-0.05, 0) is 18.4 Å². The van der Waals surface area contributed by atoms with E-state index < -0.39 is 31.7 Å². The van der Waals surface area contributed by atoms with E-state index in [4.69, 9.17) is 4.74 Å². The molecule has 1 unspecified atom stereocenters. The van der Waals surface area contributed by atoms with E-state index in [9.17, 15) is 18.0 Å². The van der Waals surface area contributed by atoms with Crippen LogP contribution in [0.25, 0.3) is 0 Å². The van der Waals surface area contributed by atoms with E-state index >= 15 is 0 Å². The van der Waals surface area contributed by atoms with Crippen LogP contribution in [0.3, 0.4) is 0 Å². The monoisotopic (exact) mass is 346 g/mol. The zero-order chi connectivity index (χ0) is 18.1. The number of esters is 1. The molecule has 1 rings (SSSR count). The number of hydrogen-bond donors (Lipinski definition) is 0. The zero-order valence-corrected chi connectivity index (χ0v) is 15.5. The number of aryl methyl sites for hydroxylation is 1. The van der Waals surface area contributed by atoms with Crippen molar-refractivity contribution in [3.63, 3.8) is 0 Å². The van der Waals surface area contributed by atoms with E-state index in [1.54, 1.807) is 20.8 Å². The molecule has 0 bridgehead atoms. The molecule has 0 fully saturated rings. The Morgan fingerprint density at radius 2 is 1.78 bits per heavy atom. The third-order valence-electron chi connectivity index (χ3n) is 3.94. The summed E-state index contributed by atoms with van der Waals surface area (Å²) in [5.74, 6) is -2.11. The molecular formula is C17H25F3O2Si. The lowest BCUT2D eigenvalue weighted by Crippen LogP contribution is -2.48. The average molecular weight is 346 g/mol. The molecule has 0 aliphatic heterocycles. The van der Waals surface area contributed by atoms with Crippen molar-refractivity contribution in [2.75, 3.05) is 0 Å². The topological polar surface area (TPSA) is 26.3 Å². The van der Waals surface area contributed by atoms with Gasteiger partial charge in [0.2, 0.25) is 0 Å². The van der Waals surface area contributed by atoms with Gasteiger partial charge in [0.15, 0.2) is 0 Å². The van der Waals surface area contributed by atoms with Crippen LogP contribution in [0.5, 0.6) is 0 Å². The van der Waals surface area contributed by atoms with Crippen molar-refractivity contribution in [3.05, 3.63) is 29.8 Å². The highest BCUT2D eigenvalue weighted by atomic mass is 28.3. The summed E-state index contributed by atoms with van der Waals surface area (Å²) in [6, 6.07) is 8.45. The molecule has 0 amide bonds. The maximum absolute atomic E-state index is 12.5. The Bertz CT molecular complexity index is 560. The van der Waals surface area contributed by atoms with E-state index in [-0.39, 0.29) is 0 Å². The maximum Gasteiger partial charge on any atom is 0.490 e. The summed E-state index contributed by atoms with van der Waals surface area (Å²) in [4.78, 5) is 11.3. The fourth-order valence-corrected chi connectivity index (χ4v) is 5.39. The summed E-state index contributed by atoms with van der Waals surface area (Å²) in [5, 5.41) is 1.15. The molecule has 23 heavy (non-hydrogen) atoms. The normalized spacial score (nSPS) is 14.5. The zero-order valence-electron chi connectivity index (χ0n) is 14.5. The van der Waals surface area contributed by atoms with E-state index in [2.05, 4.69) is 19.2 Å². The van der Waals surface area contributed by atoms with E-state index in [0.717, 1.165) is 10.8 Å². The Hall–Kier alpha value is -1.30. The van der Waals surface area contributed by atoms with Gasteiger partial charge < -0.3 is 4.74 Å². The third kappa shape index (κ3) is 5.68. The van der Waals surface area contributed by atoms with Crippen molar-refractivity contribution in [2.45, 2.75) is 59.1 Å². The fourth-order valence-electron chi connectivity index (χ4n) is 2.37. The molecule has 1 aromatic carbocycles. The summed E-state index contributed by atoms with van der Waals surface area (Å²) < 4.78 is 42.5. The van der Waals surface area contributed by atoms with Crippen LogP contribution in [-0.4, -0.2) is 26.3 Å². The first kappa shape index (κ1) is 19.7. The van der Waals surface area contributed by atoms with Crippen LogP contribution in [-0.2, 0) is 9.53 Å². The van der Waals surface area contributed by atoms with Crippen LogP contribution in [0.4, 0.5) is 13.2 Å². The molecular weight excluding hydrogens is 321 g/mol. The first-order valence-electron chi connectivity index (χ1n) is 7.58. The van der Waals surface area contributed by atoms with Crippen LogP contribution >= 0.6 is 0 Å². The second-order valence-corrected chi connectivity index (χ2v) is 12.5. The van der Waals surface area contributed by atoms with Crippen molar-refractivity contribution in [2.24, 2.45) is 5.41 Å². The number of carbonyl (C=O) groups is 1. The first-order valence-corrected chi connectivity index (χ1v) is 10.8. The number of alkyl halides is 3. The Kier molecular flexibility index (Phi) is 5.73. The summed E-state index contributed by atoms with van der Waals surface area (Å²) in [5.41, 5.74) is 0.553. The lowest BCUT2D eigenvalue weighted by molar-refractivity contribution is -0.208. The van der Waals surface area contributed by atoms with Gasteiger partial charge in [-0.2, -0.15) is 13.2 Å². The van der Waals surface area contributed by atoms with Crippen molar-refractivity contribution in [3.8, 4) is 0 Å². The molecule has 0 aliphatic rings. The minimum absolute atomic E-state index is 0.446. The average Bonchev–Trinajstić information content (AvgIpc) is 2.35. The molecule has 0 N–H and O–H groups in total. The predicted molar refractivity (Wildman–Crippen MR) is 88.5 cm³/mol. The van der Waals surface area contributed by atoms with Crippen molar-refractivity contribution in [1.29, 1.82) is 0 Å². The summed E-state index contributed by atoms with van der Waals surface area (Å²) in [6.07, 6.45) is -5.74. The van der Waals surface area contributed by atoms with E-state index in [0.29, 0.717) is 6.04 Å². The number of benzene rings is 1. The Morgan fingerprint density at radius 1 is 1.22 bits per heavy atom. The van der Waals surface area contributed by atoms with Crippen molar-refractivity contribution < 1.29 is 22.7 Å². The van der Waals surface area contributed by atoms with Gasteiger partial charge in [0, 0.05) is 0 Å². The van der Waals surface area contributed by atoms with Gasteiger partial charge in [0.05, 0.1) is 8.07 Å². The van der Waals surface area contributed by atoms with E-state index in [1.165, 1.54) is 0 Å². The largest absolute Gasteiger partial charge is 0.490 e. The lowest BCUT2D eigenvalue weighted by atomic mass is 9.90. The molecule has 130 valence electrons. The van der Waals surface area contributed by atoms with Gasteiger partial charge in [0.25, 0.3) is 0 Å². The Morgan fingerprint density at radius 3 is 2.22 bits per heavy atom. The predicted octanol–water partition coefficient (Wildman–Crippen LogP) is 4.43. The molecule has 1 atom stereocenters. The SMILES string of the molecule is Cc1cccc([Si](C)(C)CC(OC(=O)C(F)(F)F)C(C)(C)C)c1. The summed E-state index contributed by atoms with van der Waals surface area (Å²) >= 11 is 0. The van der Waals surface area contributed by atoms with Gasteiger partial charge in [-0.25, -0.2) is 4.79 Å². The molecule has 0 heterocycles. The second kappa shape index (κ2) is 6.67. The number of ether oxygens (including phenoxy) is 1. The minimum atomic E-state index is -4.96. The smallest absolute Gasteiger partial charge is 0.455 e. The molecule has 0 spiro atoms. The van der Waals surface area contributed by atoms with Crippen LogP contribution in [0, 0.1) is 12.3 Å². The molecule has 2 nitrogen and oxygen atoms in total. The van der Waals surface area contributed by atoms with Crippen molar-refractivity contribution >= 4 is 19.2 Å². The van der Waals surface area contributed by atoms with Gasteiger partial charge in [-0.1, -0.05) is 68.9 Å². The van der Waals surface area contributed by atoms with Gasteiger partial charge >= 0.3 is 12.1 Å². The standard InChI is InChI=1S/C17H25F3O2Si/c1-12-8-7-9-13(10-12)23(5,6)11-14(16(2,3)4)22-15(21)17(18,19)20/h7-10,14H,11H2,1-6H3. The molecule has 1 aromatic rings. The van der Waals surface area contributed by atoms with Crippen LogP contribution < -0.4 is 5.19 Å². The van der Waals surface area contributed by atoms with Crippen molar-refractivity contribution in [1.82, 2.24) is 0 Å². The summed E-state index contributed by atoms with van der Waals surface area (Å²) in [7, 11) is -2.05. The molecule has 0 aliphatic carbocycles. The number of hydrogen-bond acceptors (Lipinski definition) is 2. The van der Waals surface area contributed by atoms with Crippen LogP contribution in [0.1, 0.15) is 26.3 Å². The quantitative estimate of drug-likeness (QED) is 0.595. The summed E-state index contributed by atoms with van der Waals surface area (Å²) in [6.45, 7) is 11.5. The maximum atomic E-state index is 12.5. The molecule has 0 radical (unpaired) electrons. The minimum Gasteiger partial charge on any atom is -0.455 e. The number of rotatable bonds is 4. The molecule has 0 aromatic heterocycles. The van der Waals surface area contributed by atoms with Crippen LogP contribution in [0.2, 0.25) is 19.1 Å². The number of halogens is 3. The number of carbonyl (C=O) groups excluding carboxylic acids is 1. The highest BCUT2D eigenvalue weighted by molar-refractivity contribution is 6.89. The highest BCUT2D eigenvalue weighted by Gasteiger charge is 2.45. The van der Waals surface area contributed by atoms with Gasteiger partial charge in [-0.15, -0.1) is 0 Å². The lowest BCUT2D eigenvalue weighted by Gasteiger charge is -2.36. The Labute approximate surface area is 137 Å².